The molecule has 0 radical (unpaired) electrons. The fourth-order valence-electron chi connectivity index (χ4n) is 4.15. The number of methoxy groups -OCH3 is 2. The SMILES string of the molecule is COc1ccc(CCN2C(=S)N(c3cccc(Cl)c3)C(=O)C2CC(=O)Nc2ccc(I)cc2)cc1OC. The zero-order chi connectivity index (χ0) is 26.5. The van der Waals surface area contributed by atoms with Crippen LogP contribution in [0.3, 0.4) is 0 Å². The fourth-order valence-corrected chi connectivity index (χ4v) is 5.10. The molecule has 4 rings (SSSR count). The average Bonchev–Trinajstić information content (AvgIpc) is 3.12. The van der Waals surface area contributed by atoms with E-state index < -0.39 is 6.04 Å². The summed E-state index contributed by atoms with van der Waals surface area (Å²) in [6.45, 7) is 0.429. The van der Waals surface area contributed by atoms with Crippen molar-refractivity contribution in [2.75, 3.05) is 31.0 Å². The van der Waals surface area contributed by atoms with Crippen LogP contribution in [0.5, 0.6) is 11.5 Å². The Balaban J connectivity index is 1.57. The highest BCUT2D eigenvalue weighted by molar-refractivity contribution is 14.1. The lowest BCUT2D eigenvalue weighted by Crippen LogP contribution is -2.39. The number of anilines is 2. The summed E-state index contributed by atoms with van der Waals surface area (Å²) in [5.41, 5.74) is 2.22. The molecule has 3 aromatic carbocycles. The third kappa shape index (κ3) is 6.34. The number of amides is 2. The normalized spacial score (nSPS) is 15.2. The summed E-state index contributed by atoms with van der Waals surface area (Å²) < 4.78 is 11.8. The van der Waals surface area contributed by atoms with Gasteiger partial charge in [-0.3, -0.25) is 14.5 Å². The zero-order valence-electron chi connectivity index (χ0n) is 20.2. The lowest BCUT2D eigenvalue weighted by Gasteiger charge is -2.24. The van der Waals surface area contributed by atoms with Crippen molar-refractivity contribution in [1.82, 2.24) is 4.90 Å². The number of benzene rings is 3. The van der Waals surface area contributed by atoms with Gasteiger partial charge >= 0.3 is 0 Å². The molecule has 1 unspecified atom stereocenters. The maximum atomic E-state index is 13.6. The van der Waals surface area contributed by atoms with Crippen LogP contribution in [-0.2, 0) is 16.0 Å². The molecule has 0 saturated carbocycles. The largest absolute Gasteiger partial charge is 0.493 e. The number of carbonyl (C=O) groups excluding carboxylic acids is 2. The van der Waals surface area contributed by atoms with Gasteiger partial charge in [0, 0.05) is 20.8 Å². The molecule has 1 N–H and O–H groups in total. The van der Waals surface area contributed by atoms with Gasteiger partial charge in [-0.1, -0.05) is 23.7 Å². The molecule has 1 fully saturated rings. The van der Waals surface area contributed by atoms with E-state index in [2.05, 4.69) is 27.9 Å². The second-order valence-corrected chi connectivity index (χ2v) is 10.4. The van der Waals surface area contributed by atoms with Crippen molar-refractivity contribution in [1.29, 1.82) is 0 Å². The van der Waals surface area contributed by atoms with Crippen LogP contribution < -0.4 is 19.7 Å². The van der Waals surface area contributed by atoms with Gasteiger partial charge in [0.05, 0.1) is 26.3 Å². The molecule has 0 spiro atoms. The molecule has 1 atom stereocenters. The number of nitrogens with one attached hydrogen (secondary N) is 1. The second-order valence-electron chi connectivity index (χ2n) is 8.34. The highest BCUT2D eigenvalue weighted by Crippen LogP contribution is 2.31. The third-order valence-corrected chi connectivity index (χ3v) is 7.35. The number of rotatable bonds is 9. The van der Waals surface area contributed by atoms with Crippen LogP contribution in [0.4, 0.5) is 11.4 Å². The molecule has 1 aliphatic rings. The maximum Gasteiger partial charge on any atom is 0.256 e. The van der Waals surface area contributed by atoms with Gasteiger partial charge in [0.1, 0.15) is 6.04 Å². The van der Waals surface area contributed by atoms with E-state index in [4.69, 9.17) is 33.3 Å². The zero-order valence-corrected chi connectivity index (χ0v) is 24.0. The fraction of sp³-hybridized carbons (Fsp3) is 0.222. The van der Waals surface area contributed by atoms with Crippen molar-refractivity contribution in [3.8, 4) is 11.5 Å². The average molecular weight is 650 g/mol. The van der Waals surface area contributed by atoms with Crippen molar-refractivity contribution in [3.63, 3.8) is 0 Å². The molecular formula is C27H25ClIN3O4S. The Labute approximate surface area is 239 Å². The van der Waals surface area contributed by atoms with Crippen LogP contribution in [0.2, 0.25) is 5.02 Å². The Morgan fingerprint density at radius 1 is 1.05 bits per heavy atom. The molecule has 0 aliphatic carbocycles. The van der Waals surface area contributed by atoms with Gasteiger partial charge < -0.3 is 19.7 Å². The van der Waals surface area contributed by atoms with E-state index in [0.29, 0.717) is 46.0 Å². The Kier molecular flexibility index (Phi) is 8.88. The Morgan fingerprint density at radius 2 is 1.78 bits per heavy atom. The summed E-state index contributed by atoms with van der Waals surface area (Å²) in [6.07, 6.45) is 0.528. The van der Waals surface area contributed by atoms with E-state index in [1.165, 1.54) is 4.90 Å². The number of halogens is 2. The minimum absolute atomic E-state index is 0.0477. The molecule has 1 saturated heterocycles. The number of thiocarbonyl (C=S) groups is 1. The van der Waals surface area contributed by atoms with Crippen LogP contribution in [0, 0.1) is 3.57 Å². The molecule has 192 valence electrons. The molecule has 3 aromatic rings. The first-order valence-corrected chi connectivity index (χ1v) is 13.3. The van der Waals surface area contributed by atoms with E-state index in [1.54, 1.807) is 38.5 Å². The standard InChI is InChI=1S/C27H25ClIN3O4S/c1-35-23-11-6-17(14-24(23)36-2)12-13-31-22(16-25(33)30-20-9-7-19(29)8-10-20)26(34)32(27(31)37)21-5-3-4-18(28)15-21/h3-11,14-15,22H,12-13,16H2,1-2H3,(H,30,33). The molecule has 7 nitrogen and oxygen atoms in total. The minimum Gasteiger partial charge on any atom is -0.493 e. The summed E-state index contributed by atoms with van der Waals surface area (Å²) in [5.74, 6) is 0.716. The molecule has 1 heterocycles. The van der Waals surface area contributed by atoms with Crippen LogP contribution in [-0.4, -0.2) is 48.6 Å². The van der Waals surface area contributed by atoms with Gasteiger partial charge in [-0.15, -0.1) is 0 Å². The van der Waals surface area contributed by atoms with E-state index in [-0.39, 0.29) is 18.2 Å². The summed E-state index contributed by atoms with van der Waals surface area (Å²) in [5, 5.41) is 3.71. The van der Waals surface area contributed by atoms with Crippen LogP contribution in [0.25, 0.3) is 0 Å². The Hall–Kier alpha value is -2.89. The quantitative estimate of drug-likeness (QED) is 0.243. The maximum absolute atomic E-state index is 13.6. The topological polar surface area (TPSA) is 71.1 Å². The summed E-state index contributed by atoms with van der Waals surface area (Å²) in [4.78, 5) is 29.8. The number of hydrogen-bond acceptors (Lipinski definition) is 5. The van der Waals surface area contributed by atoms with Crippen molar-refractivity contribution in [3.05, 3.63) is 80.9 Å². The van der Waals surface area contributed by atoms with Gasteiger partial charge in [-0.2, -0.15) is 0 Å². The third-order valence-electron chi connectivity index (χ3n) is 5.98. The molecule has 37 heavy (non-hydrogen) atoms. The monoisotopic (exact) mass is 649 g/mol. The first-order chi connectivity index (χ1) is 17.8. The highest BCUT2D eigenvalue weighted by atomic mass is 127. The summed E-state index contributed by atoms with van der Waals surface area (Å²) in [7, 11) is 3.17. The van der Waals surface area contributed by atoms with E-state index in [9.17, 15) is 9.59 Å². The molecule has 2 amide bonds. The predicted octanol–water partition coefficient (Wildman–Crippen LogP) is 5.54. The van der Waals surface area contributed by atoms with Crippen LogP contribution in [0.1, 0.15) is 12.0 Å². The number of hydrogen-bond donors (Lipinski definition) is 1. The van der Waals surface area contributed by atoms with Gasteiger partial charge in [-0.05, 0) is 101 Å². The van der Waals surface area contributed by atoms with Crippen LogP contribution in [0.15, 0.2) is 66.7 Å². The molecular weight excluding hydrogens is 625 g/mol. The number of ether oxygens (including phenoxy) is 2. The van der Waals surface area contributed by atoms with Crippen molar-refractivity contribution < 1.29 is 19.1 Å². The lowest BCUT2D eigenvalue weighted by atomic mass is 10.1. The molecule has 0 bridgehead atoms. The minimum atomic E-state index is -0.754. The van der Waals surface area contributed by atoms with Gasteiger partial charge in [0.15, 0.2) is 16.6 Å². The lowest BCUT2D eigenvalue weighted by molar-refractivity contribution is -0.124. The first-order valence-electron chi connectivity index (χ1n) is 11.5. The summed E-state index contributed by atoms with van der Waals surface area (Å²) >= 11 is 14.1. The highest BCUT2D eigenvalue weighted by Gasteiger charge is 2.44. The smallest absolute Gasteiger partial charge is 0.256 e. The molecule has 0 aromatic heterocycles. The van der Waals surface area contributed by atoms with Gasteiger partial charge in [0.25, 0.3) is 5.91 Å². The van der Waals surface area contributed by atoms with Gasteiger partial charge in [-0.25, -0.2) is 0 Å². The van der Waals surface area contributed by atoms with E-state index in [1.807, 2.05) is 47.4 Å². The van der Waals surface area contributed by atoms with E-state index >= 15 is 0 Å². The van der Waals surface area contributed by atoms with Crippen LogP contribution >= 0.6 is 46.4 Å². The molecule has 10 heteroatoms. The van der Waals surface area contributed by atoms with E-state index in [0.717, 1.165) is 9.13 Å². The summed E-state index contributed by atoms with van der Waals surface area (Å²) in [6, 6.07) is 19.3. The van der Waals surface area contributed by atoms with Crippen molar-refractivity contribution in [2.24, 2.45) is 0 Å². The predicted molar refractivity (Wildman–Crippen MR) is 158 cm³/mol. The first kappa shape index (κ1) is 27.2. The van der Waals surface area contributed by atoms with Crippen molar-refractivity contribution in [2.45, 2.75) is 18.9 Å². The van der Waals surface area contributed by atoms with Crippen molar-refractivity contribution >= 4 is 74.7 Å². The number of nitrogens with zero attached hydrogens (tertiary/aromatic N) is 2. The van der Waals surface area contributed by atoms with Gasteiger partial charge in [0.2, 0.25) is 5.91 Å². The second kappa shape index (κ2) is 12.1. The Bertz CT molecular complexity index is 1320. The number of carbonyl (C=O) groups is 2. The molecule has 1 aliphatic heterocycles. The Morgan fingerprint density at radius 3 is 2.46 bits per heavy atom.